The van der Waals surface area contributed by atoms with Gasteiger partial charge in [-0.05, 0) is 66.1 Å². The molecular weight excluding hydrogens is 479 g/mol. The highest BCUT2D eigenvalue weighted by Gasteiger charge is 2.16. The van der Waals surface area contributed by atoms with E-state index in [1.165, 1.54) is 31.0 Å². The van der Waals surface area contributed by atoms with Gasteiger partial charge < -0.3 is 14.2 Å². The summed E-state index contributed by atoms with van der Waals surface area (Å²) in [5.74, 6) is 0.0343. The minimum absolute atomic E-state index is 0.171. The van der Waals surface area contributed by atoms with Gasteiger partial charge in [0.15, 0.2) is 18.1 Å². The summed E-state index contributed by atoms with van der Waals surface area (Å²) in [6, 6.07) is 16.8. The Kier molecular flexibility index (Phi) is 8.90. The highest BCUT2D eigenvalue weighted by molar-refractivity contribution is 6.36. The van der Waals surface area contributed by atoms with Gasteiger partial charge in [-0.2, -0.15) is 5.10 Å². The number of nitrogens with zero attached hydrogens (tertiary/aromatic N) is 1. The molecule has 3 aromatic carbocycles. The molecule has 34 heavy (non-hydrogen) atoms. The molecule has 0 aliphatic heterocycles. The zero-order valence-corrected chi connectivity index (χ0v) is 20.0. The summed E-state index contributed by atoms with van der Waals surface area (Å²) in [6.45, 7) is 1.89. The Morgan fingerprint density at radius 1 is 1.00 bits per heavy atom. The lowest BCUT2D eigenvalue weighted by Crippen LogP contribution is -2.24. The van der Waals surface area contributed by atoms with Crippen molar-refractivity contribution in [2.24, 2.45) is 5.10 Å². The Labute approximate surface area is 207 Å². The third kappa shape index (κ3) is 6.97. The number of carbonyl (C=O) groups excluding carboxylic acids is 2. The van der Waals surface area contributed by atoms with Gasteiger partial charge >= 0.3 is 5.97 Å². The second kappa shape index (κ2) is 12.1. The van der Waals surface area contributed by atoms with Crippen LogP contribution in [-0.4, -0.2) is 31.8 Å². The second-order valence-corrected chi connectivity index (χ2v) is 7.85. The first kappa shape index (κ1) is 25.1. The van der Waals surface area contributed by atoms with Crippen molar-refractivity contribution in [1.29, 1.82) is 0 Å². The van der Waals surface area contributed by atoms with Crippen molar-refractivity contribution < 1.29 is 23.8 Å². The molecule has 0 heterocycles. The van der Waals surface area contributed by atoms with E-state index >= 15 is 0 Å². The molecule has 0 aliphatic carbocycles. The van der Waals surface area contributed by atoms with Crippen LogP contribution in [0, 0.1) is 0 Å². The minimum atomic E-state index is -0.655. The summed E-state index contributed by atoms with van der Waals surface area (Å²) in [7, 11) is 1.44. The van der Waals surface area contributed by atoms with E-state index in [2.05, 4.69) is 17.5 Å². The van der Waals surface area contributed by atoms with Crippen LogP contribution in [0.25, 0.3) is 0 Å². The molecule has 0 aliphatic rings. The van der Waals surface area contributed by atoms with E-state index in [0.29, 0.717) is 22.1 Å². The molecule has 0 atom stereocenters. The fourth-order valence-electron chi connectivity index (χ4n) is 2.84. The standard InChI is InChI=1S/C25H22Cl2N2O5/c1-3-16-4-8-19(9-5-16)33-15-24(30)29-28-14-17-6-11-22(23(12-17)32-2)34-25(31)20-10-7-18(26)13-21(20)27/h4-14H,3,15H2,1-2H3,(H,29,30)/b28-14-. The fourth-order valence-corrected chi connectivity index (χ4v) is 3.33. The number of nitrogens with one attached hydrogen (secondary N) is 1. The number of hydrogen-bond donors (Lipinski definition) is 1. The molecule has 3 aromatic rings. The van der Waals surface area contributed by atoms with Crippen molar-refractivity contribution in [3.8, 4) is 17.2 Å². The molecule has 3 rings (SSSR count). The number of esters is 1. The van der Waals surface area contributed by atoms with Gasteiger partial charge in [0.25, 0.3) is 5.91 Å². The van der Waals surface area contributed by atoms with E-state index in [1.54, 1.807) is 24.3 Å². The van der Waals surface area contributed by atoms with Crippen LogP contribution >= 0.6 is 23.2 Å². The highest BCUT2D eigenvalue weighted by Crippen LogP contribution is 2.30. The van der Waals surface area contributed by atoms with Gasteiger partial charge in [0, 0.05) is 5.02 Å². The Hall–Kier alpha value is -3.55. The molecule has 0 bridgehead atoms. The van der Waals surface area contributed by atoms with E-state index in [4.69, 9.17) is 37.4 Å². The van der Waals surface area contributed by atoms with Crippen LogP contribution < -0.4 is 19.6 Å². The number of ether oxygens (including phenoxy) is 3. The quantitative estimate of drug-likeness (QED) is 0.186. The Balaban J connectivity index is 1.56. The summed E-state index contributed by atoms with van der Waals surface area (Å²) in [5, 5.41) is 4.50. The molecule has 0 unspecified atom stereocenters. The SMILES string of the molecule is CCc1ccc(OCC(=O)N/N=C\c2ccc(OC(=O)c3ccc(Cl)cc3Cl)c(OC)c2)cc1. The topological polar surface area (TPSA) is 86.2 Å². The molecule has 7 nitrogen and oxygen atoms in total. The number of hydrazone groups is 1. The molecule has 0 saturated carbocycles. The maximum atomic E-state index is 12.5. The Bertz CT molecular complexity index is 1200. The molecule has 0 radical (unpaired) electrons. The monoisotopic (exact) mass is 500 g/mol. The number of carbonyl (C=O) groups is 2. The van der Waals surface area contributed by atoms with Gasteiger partial charge in [-0.25, -0.2) is 10.2 Å². The predicted molar refractivity (Wildman–Crippen MR) is 131 cm³/mol. The smallest absolute Gasteiger partial charge is 0.345 e. The number of hydrogen-bond acceptors (Lipinski definition) is 6. The first-order valence-corrected chi connectivity index (χ1v) is 11.0. The number of rotatable bonds is 9. The van der Waals surface area contributed by atoms with Gasteiger partial charge in [-0.1, -0.05) is 42.3 Å². The van der Waals surface area contributed by atoms with E-state index < -0.39 is 11.9 Å². The van der Waals surface area contributed by atoms with Crippen molar-refractivity contribution in [1.82, 2.24) is 5.43 Å². The maximum absolute atomic E-state index is 12.5. The van der Waals surface area contributed by atoms with Crippen LogP contribution in [0.4, 0.5) is 0 Å². The second-order valence-electron chi connectivity index (χ2n) is 7.00. The molecular formula is C25H22Cl2N2O5. The van der Waals surface area contributed by atoms with Crippen molar-refractivity contribution in [3.63, 3.8) is 0 Å². The van der Waals surface area contributed by atoms with Crippen molar-refractivity contribution >= 4 is 41.3 Å². The lowest BCUT2D eigenvalue weighted by atomic mass is 10.2. The van der Waals surface area contributed by atoms with E-state index in [0.717, 1.165) is 6.42 Å². The summed E-state index contributed by atoms with van der Waals surface area (Å²) in [6.07, 6.45) is 2.36. The first-order valence-electron chi connectivity index (χ1n) is 10.3. The molecule has 0 spiro atoms. The van der Waals surface area contributed by atoms with Crippen LogP contribution in [-0.2, 0) is 11.2 Å². The van der Waals surface area contributed by atoms with E-state index in [9.17, 15) is 9.59 Å². The lowest BCUT2D eigenvalue weighted by Gasteiger charge is -2.10. The third-order valence-corrected chi connectivity index (χ3v) is 5.19. The van der Waals surface area contributed by atoms with Crippen LogP contribution in [0.2, 0.25) is 10.0 Å². The average molecular weight is 501 g/mol. The van der Waals surface area contributed by atoms with Gasteiger partial charge in [-0.3, -0.25) is 4.79 Å². The summed E-state index contributed by atoms with van der Waals surface area (Å²) in [4.78, 5) is 24.4. The van der Waals surface area contributed by atoms with Crippen LogP contribution in [0.3, 0.4) is 0 Å². The van der Waals surface area contributed by atoms with Crippen LogP contribution in [0.5, 0.6) is 17.2 Å². The zero-order chi connectivity index (χ0) is 24.5. The summed E-state index contributed by atoms with van der Waals surface area (Å²) < 4.78 is 16.1. The molecule has 1 N–H and O–H groups in total. The number of amides is 1. The average Bonchev–Trinajstić information content (AvgIpc) is 2.83. The van der Waals surface area contributed by atoms with Gasteiger partial charge in [-0.15, -0.1) is 0 Å². The molecule has 176 valence electrons. The normalized spacial score (nSPS) is 10.7. The summed E-state index contributed by atoms with van der Waals surface area (Å²) in [5.41, 5.74) is 4.36. The predicted octanol–water partition coefficient (Wildman–Crippen LogP) is 5.31. The van der Waals surface area contributed by atoms with Gasteiger partial charge in [0.1, 0.15) is 5.75 Å². The third-order valence-electron chi connectivity index (χ3n) is 4.65. The van der Waals surface area contributed by atoms with Crippen molar-refractivity contribution in [2.75, 3.05) is 13.7 Å². The minimum Gasteiger partial charge on any atom is -0.493 e. The molecule has 1 amide bonds. The molecule has 0 aromatic heterocycles. The van der Waals surface area contributed by atoms with Gasteiger partial charge in [0.2, 0.25) is 0 Å². The van der Waals surface area contributed by atoms with E-state index in [1.807, 2.05) is 24.3 Å². The molecule has 0 fully saturated rings. The number of halogens is 2. The molecule has 0 saturated heterocycles. The van der Waals surface area contributed by atoms with Gasteiger partial charge in [0.05, 0.1) is 23.9 Å². The van der Waals surface area contributed by atoms with Crippen molar-refractivity contribution in [2.45, 2.75) is 13.3 Å². The summed E-state index contributed by atoms with van der Waals surface area (Å²) >= 11 is 11.9. The first-order chi connectivity index (χ1) is 16.4. The largest absolute Gasteiger partial charge is 0.493 e. The maximum Gasteiger partial charge on any atom is 0.345 e. The number of aryl methyl sites for hydroxylation is 1. The fraction of sp³-hybridized carbons (Fsp3) is 0.160. The van der Waals surface area contributed by atoms with Crippen LogP contribution in [0.1, 0.15) is 28.4 Å². The number of benzene rings is 3. The highest BCUT2D eigenvalue weighted by atomic mass is 35.5. The Morgan fingerprint density at radius 2 is 1.76 bits per heavy atom. The van der Waals surface area contributed by atoms with E-state index in [-0.39, 0.29) is 22.9 Å². The Morgan fingerprint density at radius 3 is 2.44 bits per heavy atom. The van der Waals surface area contributed by atoms with Crippen LogP contribution in [0.15, 0.2) is 65.8 Å². The number of methoxy groups -OCH3 is 1. The van der Waals surface area contributed by atoms with Crippen molar-refractivity contribution in [3.05, 3.63) is 87.4 Å². The molecule has 9 heteroatoms. The lowest BCUT2D eigenvalue weighted by molar-refractivity contribution is -0.123. The zero-order valence-electron chi connectivity index (χ0n) is 18.5.